The third-order valence-electron chi connectivity index (χ3n) is 3.62. The number of benzene rings is 2. The molecule has 1 atom stereocenters. The molecule has 0 heterocycles. The smallest absolute Gasteiger partial charge is 0.00867 e. The molecule has 0 aliphatic carbocycles. The van der Waals surface area contributed by atoms with Crippen LogP contribution in [0.5, 0.6) is 0 Å². The third kappa shape index (κ3) is 2.81. The minimum Gasteiger partial charge on any atom is -0.0645 e. The summed E-state index contributed by atoms with van der Waals surface area (Å²) < 4.78 is 0. The fraction of sp³-hybridized carbons (Fsp3) is 0.333. The average molecular weight is 238 g/mol. The minimum atomic E-state index is 0.521. The summed E-state index contributed by atoms with van der Waals surface area (Å²) in [6.45, 7) is 6.74. The van der Waals surface area contributed by atoms with Gasteiger partial charge in [0.2, 0.25) is 0 Å². The molecule has 0 N–H and O–H groups in total. The van der Waals surface area contributed by atoms with E-state index < -0.39 is 0 Å². The lowest BCUT2D eigenvalue weighted by Crippen LogP contribution is -2.00. The van der Waals surface area contributed by atoms with Crippen LogP contribution in [0.3, 0.4) is 0 Å². The van der Waals surface area contributed by atoms with E-state index in [4.69, 9.17) is 0 Å². The largest absolute Gasteiger partial charge is 0.0645 e. The SMILES string of the molecule is CC[C@@H](c1ccccc1)c1ccc(C(C)C)cc1. The first-order chi connectivity index (χ1) is 8.72. The molecule has 0 radical (unpaired) electrons. The van der Waals surface area contributed by atoms with Gasteiger partial charge in [-0.15, -0.1) is 0 Å². The monoisotopic (exact) mass is 238 g/mol. The molecule has 0 bridgehead atoms. The summed E-state index contributed by atoms with van der Waals surface area (Å²) in [5.74, 6) is 1.13. The van der Waals surface area contributed by atoms with Crippen molar-refractivity contribution in [3.63, 3.8) is 0 Å². The first-order valence-electron chi connectivity index (χ1n) is 6.87. The maximum Gasteiger partial charge on any atom is 0.00867 e. The molecule has 0 saturated carbocycles. The van der Waals surface area contributed by atoms with Gasteiger partial charge in [0, 0.05) is 5.92 Å². The number of rotatable bonds is 4. The van der Waals surface area contributed by atoms with Crippen LogP contribution in [0.2, 0.25) is 0 Å². The molecule has 18 heavy (non-hydrogen) atoms. The second kappa shape index (κ2) is 5.86. The second-order valence-electron chi connectivity index (χ2n) is 5.19. The third-order valence-corrected chi connectivity index (χ3v) is 3.62. The summed E-state index contributed by atoms with van der Waals surface area (Å²) in [7, 11) is 0. The van der Waals surface area contributed by atoms with E-state index >= 15 is 0 Å². The van der Waals surface area contributed by atoms with Gasteiger partial charge in [-0.05, 0) is 29.0 Å². The van der Waals surface area contributed by atoms with Crippen LogP contribution in [0.15, 0.2) is 54.6 Å². The molecule has 0 saturated heterocycles. The quantitative estimate of drug-likeness (QED) is 0.673. The molecule has 2 aromatic rings. The van der Waals surface area contributed by atoms with Crippen molar-refractivity contribution in [3.8, 4) is 0 Å². The molecule has 94 valence electrons. The second-order valence-corrected chi connectivity index (χ2v) is 5.19. The van der Waals surface area contributed by atoms with E-state index in [9.17, 15) is 0 Å². The van der Waals surface area contributed by atoms with Crippen LogP contribution in [0, 0.1) is 0 Å². The lowest BCUT2D eigenvalue weighted by Gasteiger charge is -2.17. The first kappa shape index (κ1) is 12.9. The molecule has 0 fully saturated rings. The van der Waals surface area contributed by atoms with Crippen molar-refractivity contribution in [2.45, 2.75) is 39.0 Å². The molecule has 2 aromatic carbocycles. The van der Waals surface area contributed by atoms with Crippen LogP contribution < -0.4 is 0 Å². The summed E-state index contributed by atoms with van der Waals surface area (Å²) >= 11 is 0. The Balaban J connectivity index is 2.28. The average Bonchev–Trinajstić information content (AvgIpc) is 2.41. The van der Waals surface area contributed by atoms with Gasteiger partial charge in [0.25, 0.3) is 0 Å². The Bertz CT molecular complexity index is 465. The highest BCUT2D eigenvalue weighted by atomic mass is 14.2. The Morgan fingerprint density at radius 2 is 1.22 bits per heavy atom. The van der Waals surface area contributed by atoms with Gasteiger partial charge in [0.05, 0.1) is 0 Å². The van der Waals surface area contributed by atoms with Crippen molar-refractivity contribution >= 4 is 0 Å². The Hall–Kier alpha value is -1.56. The maximum absolute atomic E-state index is 2.29. The topological polar surface area (TPSA) is 0 Å². The molecule has 0 nitrogen and oxygen atoms in total. The molecular formula is C18H22. The van der Waals surface area contributed by atoms with Crippen LogP contribution in [-0.4, -0.2) is 0 Å². The van der Waals surface area contributed by atoms with Crippen molar-refractivity contribution < 1.29 is 0 Å². The normalized spacial score (nSPS) is 12.7. The zero-order valence-corrected chi connectivity index (χ0v) is 11.6. The predicted octanol–water partition coefficient (Wildman–Crippen LogP) is 5.35. The van der Waals surface area contributed by atoms with Crippen LogP contribution in [0.4, 0.5) is 0 Å². The van der Waals surface area contributed by atoms with Crippen LogP contribution >= 0.6 is 0 Å². The van der Waals surface area contributed by atoms with E-state index in [0.29, 0.717) is 11.8 Å². The Morgan fingerprint density at radius 1 is 0.722 bits per heavy atom. The van der Waals surface area contributed by atoms with Crippen molar-refractivity contribution in [2.75, 3.05) is 0 Å². The molecule has 0 spiro atoms. The van der Waals surface area contributed by atoms with E-state index in [1.807, 2.05) is 0 Å². The highest BCUT2D eigenvalue weighted by Crippen LogP contribution is 2.28. The van der Waals surface area contributed by atoms with Crippen molar-refractivity contribution in [3.05, 3.63) is 71.3 Å². The predicted molar refractivity (Wildman–Crippen MR) is 79.1 cm³/mol. The van der Waals surface area contributed by atoms with Gasteiger partial charge < -0.3 is 0 Å². The minimum absolute atomic E-state index is 0.521. The highest BCUT2D eigenvalue weighted by Gasteiger charge is 2.11. The Labute approximate surface area is 111 Å². The Kier molecular flexibility index (Phi) is 4.19. The molecule has 0 heteroatoms. The summed E-state index contributed by atoms with van der Waals surface area (Å²) in [6.07, 6.45) is 1.14. The van der Waals surface area contributed by atoms with Crippen molar-refractivity contribution in [1.82, 2.24) is 0 Å². The number of hydrogen-bond acceptors (Lipinski definition) is 0. The lowest BCUT2D eigenvalue weighted by atomic mass is 9.88. The number of hydrogen-bond donors (Lipinski definition) is 0. The fourth-order valence-electron chi connectivity index (χ4n) is 2.46. The summed E-state index contributed by atoms with van der Waals surface area (Å²) in [6, 6.07) is 19.9. The molecule has 0 aromatic heterocycles. The van der Waals surface area contributed by atoms with E-state index in [1.165, 1.54) is 16.7 Å². The van der Waals surface area contributed by atoms with Gasteiger partial charge in [-0.3, -0.25) is 0 Å². The maximum atomic E-state index is 2.29. The van der Waals surface area contributed by atoms with Gasteiger partial charge in [-0.25, -0.2) is 0 Å². The first-order valence-corrected chi connectivity index (χ1v) is 6.87. The van der Waals surface area contributed by atoms with Gasteiger partial charge in [0.15, 0.2) is 0 Å². The summed E-state index contributed by atoms with van der Waals surface area (Å²) in [4.78, 5) is 0. The van der Waals surface area contributed by atoms with E-state index in [-0.39, 0.29) is 0 Å². The fourth-order valence-corrected chi connectivity index (χ4v) is 2.46. The Morgan fingerprint density at radius 3 is 1.72 bits per heavy atom. The van der Waals surface area contributed by atoms with Crippen molar-refractivity contribution in [2.24, 2.45) is 0 Å². The van der Waals surface area contributed by atoms with Gasteiger partial charge in [-0.2, -0.15) is 0 Å². The molecule has 0 unspecified atom stereocenters. The molecular weight excluding hydrogens is 216 g/mol. The zero-order valence-electron chi connectivity index (χ0n) is 11.6. The standard InChI is InChI=1S/C18H22/c1-4-18(16-8-6-5-7-9-16)17-12-10-15(11-13-17)14(2)3/h5-14,18H,4H2,1-3H3/t18-/m0/s1. The van der Waals surface area contributed by atoms with Crippen molar-refractivity contribution in [1.29, 1.82) is 0 Å². The summed E-state index contributed by atoms with van der Waals surface area (Å²) in [5.41, 5.74) is 4.26. The molecule has 0 aliphatic heterocycles. The summed E-state index contributed by atoms with van der Waals surface area (Å²) in [5, 5.41) is 0. The van der Waals surface area contributed by atoms with Crippen LogP contribution in [0.25, 0.3) is 0 Å². The molecule has 0 aliphatic rings. The zero-order chi connectivity index (χ0) is 13.0. The van der Waals surface area contributed by atoms with Crippen LogP contribution in [0.1, 0.15) is 55.7 Å². The van der Waals surface area contributed by atoms with Crippen LogP contribution in [-0.2, 0) is 0 Å². The van der Waals surface area contributed by atoms with E-state index in [1.54, 1.807) is 0 Å². The van der Waals surface area contributed by atoms with E-state index in [0.717, 1.165) is 6.42 Å². The van der Waals surface area contributed by atoms with Gasteiger partial charge in [0.1, 0.15) is 0 Å². The van der Waals surface area contributed by atoms with E-state index in [2.05, 4.69) is 75.4 Å². The lowest BCUT2D eigenvalue weighted by molar-refractivity contribution is 0.774. The van der Waals surface area contributed by atoms with Gasteiger partial charge in [-0.1, -0.05) is 75.4 Å². The highest BCUT2D eigenvalue weighted by molar-refractivity contribution is 5.34. The molecule has 2 rings (SSSR count). The van der Waals surface area contributed by atoms with Gasteiger partial charge >= 0.3 is 0 Å². The molecule has 0 amide bonds.